The Bertz CT molecular complexity index is 482. The van der Waals surface area contributed by atoms with Gasteiger partial charge in [-0.15, -0.1) is 0 Å². The second-order valence-electron chi connectivity index (χ2n) is 6.21. The van der Waals surface area contributed by atoms with Gasteiger partial charge in [-0.25, -0.2) is 9.78 Å². The number of amides is 1. The molecule has 20 heavy (non-hydrogen) atoms. The third-order valence-electron chi connectivity index (χ3n) is 3.41. The first kappa shape index (κ1) is 14.7. The standard InChI is InChI=1S/C14H24N4O2/c1-11-10-15-12(16(11)5)17-6-8-18(9-7-17)13(19)20-14(2,3)4/h10H,6-9H2,1-5H3. The molecule has 2 rings (SSSR count). The minimum Gasteiger partial charge on any atom is -0.444 e. The lowest BCUT2D eigenvalue weighted by molar-refractivity contribution is 0.0240. The van der Waals surface area contributed by atoms with Gasteiger partial charge in [-0.05, 0) is 27.7 Å². The average molecular weight is 280 g/mol. The van der Waals surface area contributed by atoms with Crippen molar-refractivity contribution in [3.63, 3.8) is 0 Å². The van der Waals surface area contributed by atoms with Crippen LogP contribution in [0.5, 0.6) is 0 Å². The van der Waals surface area contributed by atoms with Gasteiger partial charge in [0.05, 0.1) is 6.20 Å². The van der Waals surface area contributed by atoms with Crippen LogP contribution in [-0.4, -0.2) is 52.3 Å². The summed E-state index contributed by atoms with van der Waals surface area (Å²) in [6.45, 7) is 10.6. The molecule has 2 heterocycles. The summed E-state index contributed by atoms with van der Waals surface area (Å²) in [4.78, 5) is 20.4. The van der Waals surface area contributed by atoms with E-state index in [1.165, 1.54) is 0 Å². The molecule has 1 aromatic heterocycles. The number of imidazole rings is 1. The molecule has 6 nitrogen and oxygen atoms in total. The Balaban J connectivity index is 1.93. The normalized spacial score (nSPS) is 16.4. The van der Waals surface area contributed by atoms with Crippen LogP contribution in [0.4, 0.5) is 10.7 Å². The van der Waals surface area contributed by atoms with E-state index in [4.69, 9.17) is 4.74 Å². The van der Waals surface area contributed by atoms with Crippen molar-refractivity contribution in [3.8, 4) is 0 Å². The summed E-state index contributed by atoms with van der Waals surface area (Å²) in [5.41, 5.74) is 0.694. The lowest BCUT2D eigenvalue weighted by Crippen LogP contribution is -2.50. The molecule has 1 amide bonds. The van der Waals surface area contributed by atoms with Crippen LogP contribution >= 0.6 is 0 Å². The van der Waals surface area contributed by atoms with Crippen molar-refractivity contribution in [2.75, 3.05) is 31.1 Å². The summed E-state index contributed by atoms with van der Waals surface area (Å²) in [6.07, 6.45) is 1.64. The summed E-state index contributed by atoms with van der Waals surface area (Å²) in [6, 6.07) is 0. The van der Waals surface area contributed by atoms with Gasteiger partial charge in [0, 0.05) is 38.9 Å². The fraction of sp³-hybridized carbons (Fsp3) is 0.714. The smallest absolute Gasteiger partial charge is 0.410 e. The largest absolute Gasteiger partial charge is 0.444 e. The highest BCUT2D eigenvalue weighted by molar-refractivity contribution is 5.68. The second-order valence-corrected chi connectivity index (χ2v) is 6.21. The summed E-state index contributed by atoms with van der Waals surface area (Å²) < 4.78 is 7.47. The number of nitrogens with zero attached hydrogens (tertiary/aromatic N) is 4. The van der Waals surface area contributed by atoms with Crippen LogP contribution in [-0.2, 0) is 11.8 Å². The molecule has 0 aromatic carbocycles. The van der Waals surface area contributed by atoms with Crippen LogP contribution in [0.2, 0.25) is 0 Å². The number of hydrogen-bond acceptors (Lipinski definition) is 4. The molecule has 1 aliphatic rings. The number of hydrogen-bond donors (Lipinski definition) is 0. The summed E-state index contributed by atoms with van der Waals surface area (Å²) in [5.74, 6) is 0.964. The predicted molar refractivity (Wildman–Crippen MR) is 78.0 cm³/mol. The van der Waals surface area contributed by atoms with Gasteiger partial charge >= 0.3 is 6.09 Å². The van der Waals surface area contributed by atoms with Crippen LogP contribution in [0.15, 0.2) is 6.20 Å². The zero-order valence-corrected chi connectivity index (χ0v) is 13.0. The Hall–Kier alpha value is -1.72. The van der Waals surface area contributed by atoms with E-state index in [0.29, 0.717) is 13.1 Å². The minimum absolute atomic E-state index is 0.229. The third kappa shape index (κ3) is 3.23. The van der Waals surface area contributed by atoms with Gasteiger partial charge in [0.2, 0.25) is 5.95 Å². The Morgan fingerprint density at radius 2 is 1.85 bits per heavy atom. The maximum absolute atomic E-state index is 12.0. The number of aryl methyl sites for hydroxylation is 1. The van der Waals surface area contributed by atoms with E-state index in [1.807, 2.05) is 40.9 Å². The van der Waals surface area contributed by atoms with Gasteiger partial charge in [-0.3, -0.25) is 0 Å². The van der Waals surface area contributed by atoms with E-state index in [0.717, 1.165) is 24.7 Å². The van der Waals surface area contributed by atoms with Crippen molar-refractivity contribution in [1.82, 2.24) is 14.5 Å². The molecule has 0 unspecified atom stereocenters. The van der Waals surface area contributed by atoms with E-state index < -0.39 is 5.60 Å². The van der Waals surface area contributed by atoms with Crippen LogP contribution in [0.1, 0.15) is 26.5 Å². The molecule has 0 bridgehead atoms. The van der Waals surface area contributed by atoms with E-state index in [1.54, 1.807) is 4.90 Å². The molecule has 0 radical (unpaired) electrons. The Labute approximate surface area is 120 Å². The number of aromatic nitrogens is 2. The van der Waals surface area contributed by atoms with Crippen molar-refractivity contribution in [1.29, 1.82) is 0 Å². The first-order valence-corrected chi connectivity index (χ1v) is 6.99. The molecular weight excluding hydrogens is 256 g/mol. The van der Waals surface area contributed by atoms with E-state index >= 15 is 0 Å². The SMILES string of the molecule is Cc1cnc(N2CCN(C(=O)OC(C)(C)C)CC2)n1C. The third-order valence-corrected chi connectivity index (χ3v) is 3.41. The monoisotopic (exact) mass is 280 g/mol. The Morgan fingerprint density at radius 1 is 1.25 bits per heavy atom. The molecule has 1 aliphatic heterocycles. The van der Waals surface area contributed by atoms with Crippen LogP contribution in [0, 0.1) is 6.92 Å². The molecule has 112 valence electrons. The van der Waals surface area contributed by atoms with Crippen molar-refractivity contribution < 1.29 is 9.53 Å². The van der Waals surface area contributed by atoms with Crippen molar-refractivity contribution >= 4 is 12.0 Å². The predicted octanol–water partition coefficient (Wildman–Crippen LogP) is 1.79. The topological polar surface area (TPSA) is 50.6 Å². The zero-order valence-electron chi connectivity index (χ0n) is 13.0. The van der Waals surface area contributed by atoms with Gasteiger partial charge in [0.25, 0.3) is 0 Å². The number of ether oxygens (including phenoxy) is 1. The molecule has 1 aromatic rings. The van der Waals surface area contributed by atoms with Crippen LogP contribution in [0.3, 0.4) is 0 Å². The number of carbonyl (C=O) groups excluding carboxylic acids is 1. The van der Waals surface area contributed by atoms with Crippen molar-refractivity contribution in [3.05, 3.63) is 11.9 Å². The van der Waals surface area contributed by atoms with Gasteiger partial charge in [-0.2, -0.15) is 0 Å². The highest BCUT2D eigenvalue weighted by atomic mass is 16.6. The Kier molecular flexibility index (Phi) is 3.92. The summed E-state index contributed by atoms with van der Waals surface area (Å²) >= 11 is 0. The number of anilines is 1. The minimum atomic E-state index is -0.439. The summed E-state index contributed by atoms with van der Waals surface area (Å²) in [7, 11) is 2.01. The van der Waals surface area contributed by atoms with E-state index in [9.17, 15) is 4.79 Å². The maximum atomic E-state index is 12.0. The highest BCUT2D eigenvalue weighted by Gasteiger charge is 2.27. The maximum Gasteiger partial charge on any atom is 0.410 e. The second kappa shape index (κ2) is 5.34. The quantitative estimate of drug-likeness (QED) is 0.787. The number of rotatable bonds is 1. The van der Waals surface area contributed by atoms with Gasteiger partial charge in [0.1, 0.15) is 5.60 Å². The fourth-order valence-corrected chi connectivity index (χ4v) is 2.19. The first-order valence-electron chi connectivity index (χ1n) is 6.99. The van der Waals surface area contributed by atoms with Crippen molar-refractivity contribution in [2.45, 2.75) is 33.3 Å². The summed E-state index contributed by atoms with van der Waals surface area (Å²) in [5, 5.41) is 0. The molecule has 1 fully saturated rings. The van der Waals surface area contributed by atoms with Crippen molar-refractivity contribution in [2.24, 2.45) is 7.05 Å². The molecule has 0 aliphatic carbocycles. The van der Waals surface area contributed by atoms with E-state index in [-0.39, 0.29) is 6.09 Å². The van der Waals surface area contributed by atoms with Crippen LogP contribution < -0.4 is 4.90 Å². The first-order chi connectivity index (χ1) is 9.28. The number of piperazine rings is 1. The highest BCUT2D eigenvalue weighted by Crippen LogP contribution is 2.17. The lowest BCUT2D eigenvalue weighted by atomic mass is 10.2. The zero-order chi connectivity index (χ0) is 14.9. The molecule has 0 saturated carbocycles. The number of carbonyl (C=O) groups is 1. The average Bonchev–Trinajstić information content (AvgIpc) is 2.68. The van der Waals surface area contributed by atoms with Gasteiger partial charge < -0.3 is 19.1 Å². The fourth-order valence-electron chi connectivity index (χ4n) is 2.19. The molecule has 0 atom stereocenters. The molecule has 1 saturated heterocycles. The lowest BCUT2D eigenvalue weighted by Gasteiger charge is -2.36. The van der Waals surface area contributed by atoms with Gasteiger partial charge in [-0.1, -0.05) is 0 Å². The van der Waals surface area contributed by atoms with Gasteiger partial charge in [0.15, 0.2) is 0 Å². The molecule has 6 heteroatoms. The molecule has 0 spiro atoms. The Morgan fingerprint density at radius 3 is 2.30 bits per heavy atom. The molecular formula is C14H24N4O2. The molecule has 0 N–H and O–H groups in total. The van der Waals surface area contributed by atoms with Crippen LogP contribution in [0.25, 0.3) is 0 Å². The van der Waals surface area contributed by atoms with E-state index in [2.05, 4.69) is 14.5 Å².